The van der Waals surface area contributed by atoms with E-state index in [2.05, 4.69) is 10.3 Å². The zero-order valence-corrected chi connectivity index (χ0v) is 7.79. The van der Waals surface area contributed by atoms with Gasteiger partial charge in [-0.2, -0.15) is 0 Å². The molecule has 0 radical (unpaired) electrons. The number of hydrogen-bond acceptors (Lipinski definition) is 3. The number of ether oxygens (including phenoxy) is 1. The van der Waals surface area contributed by atoms with Crippen molar-refractivity contribution >= 4 is 0 Å². The Labute approximate surface area is 78.1 Å². The van der Waals surface area contributed by atoms with Crippen LogP contribution in [0.3, 0.4) is 0 Å². The SMILES string of the molecule is COc1cc(C2CCCN2)ccn1. The smallest absolute Gasteiger partial charge is 0.213 e. The van der Waals surface area contributed by atoms with E-state index in [4.69, 9.17) is 4.74 Å². The van der Waals surface area contributed by atoms with Gasteiger partial charge < -0.3 is 10.1 Å². The van der Waals surface area contributed by atoms with Crippen LogP contribution in [0.15, 0.2) is 18.3 Å². The second kappa shape index (κ2) is 3.75. The molecule has 1 atom stereocenters. The van der Waals surface area contributed by atoms with E-state index in [1.54, 1.807) is 13.3 Å². The van der Waals surface area contributed by atoms with Gasteiger partial charge in [0.1, 0.15) is 0 Å². The summed E-state index contributed by atoms with van der Waals surface area (Å²) in [5, 5.41) is 3.44. The monoisotopic (exact) mass is 178 g/mol. The van der Waals surface area contributed by atoms with Gasteiger partial charge in [0.25, 0.3) is 0 Å². The largest absolute Gasteiger partial charge is 0.481 e. The number of pyridine rings is 1. The maximum atomic E-state index is 5.08. The highest BCUT2D eigenvalue weighted by Gasteiger charge is 2.16. The second-order valence-corrected chi connectivity index (χ2v) is 3.28. The van der Waals surface area contributed by atoms with Crippen molar-refractivity contribution in [2.75, 3.05) is 13.7 Å². The van der Waals surface area contributed by atoms with E-state index in [1.165, 1.54) is 18.4 Å². The first-order chi connectivity index (χ1) is 6.40. The third kappa shape index (κ3) is 1.80. The van der Waals surface area contributed by atoms with Crippen LogP contribution in [0.2, 0.25) is 0 Å². The van der Waals surface area contributed by atoms with Gasteiger partial charge in [0.05, 0.1) is 7.11 Å². The summed E-state index contributed by atoms with van der Waals surface area (Å²) in [4.78, 5) is 4.08. The van der Waals surface area contributed by atoms with E-state index in [9.17, 15) is 0 Å². The first kappa shape index (κ1) is 8.51. The number of rotatable bonds is 2. The molecule has 1 fully saturated rings. The maximum absolute atomic E-state index is 5.08. The van der Waals surface area contributed by atoms with E-state index < -0.39 is 0 Å². The molecule has 1 aliphatic heterocycles. The standard InChI is InChI=1S/C10H14N2O/c1-13-10-7-8(4-6-12-10)9-3-2-5-11-9/h4,6-7,9,11H,2-3,5H2,1H3. The fourth-order valence-corrected chi connectivity index (χ4v) is 1.72. The van der Waals surface area contributed by atoms with Crippen molar-refractivity contribution in [1.82, 2.24) is 10.3 Å². The molecule has 1 aliphatic rings. The topological polar surface area (TPSA) is 34.1 Å². The summed E-state index contributed by atoms with van der Waals surface area (Å²) in [5.74, 6) is 0.700. The lowest BCUT2D eigenvalue weighted by Crippen LogP contribution is -2.12. The van der Waals surface area contributed by atoms with Crippen molar-refractivity contribution in [3.05, 3.63) is 23.9 Å². The summed E-state index contributed by atoms with van der Waals surface area (Å²) in [6.07, 6.45) is 4.27. The van der Waals surface area contributed by atoms with Crippen LogP contribution in [0.5, 0.6) is 5.88 Å². The molecule has 1 N–H and O–H groups in total. The molecule has 0 saturated carbocycles. The minimum Gasteiger partial charge on any atom is -0.481 e. The van der Waals surface area contributed by atoms with Crippen LogP contribution >= 0.6 is 0 Å². The molecule has 70 valence electrons. The third-order valence-electron chi connectivity index (χ3n) is 2.43. The molecule has 3 nitrogen and oxygen atoms in total. The van der Waals surface area contributed by atoms with Crippen molar-refractivity contribution < 1.29 is 4.74 Å². The van der Waals surface area contributed by atoms with Gasteiger partial charge in [-0.3, -0.25) is 0 Å². The number of hydrogen-bond donors (Lipinski definition) is 1. The Morgan fingerprint density at radius 1 is 1.62 bits per heavy atom. The van der Waals surface area contributed by atoms with Gasteiger partial charge in [0.2, 0.25) is 5.88 Å². The first-order valence-electron chi connectivity index (χ1n) is 4.63. The summed E-state index contributed by atoms with van der Waals surface area (Å²) in [5.41, 5.74) is 1.28. The van der Waals surface area contributed by atoms with E-state index in [0.29, 0.717) is 11.9 Å². The van der Waals surface area contributed by atoms with Gasteiger partial charge in [-0.1, -0.05) is 0 Å². The lowest BCUT2D eigenvalue weighted by Gasteiger charge is -2.10. The van der Waals surface area contributed by atoms with Crippen LogP contribution in [-0.2, 0) is 0 Å². The predicted molar refractivity (Wildman–Crippen MR) is 50.8 cm³/mol. The molecular formula is C10H14N2O. The average molecular weight is 178 g/mol. The van der Waals surface area contributed by atoms with Gasteiger partial charge in [0, 0.05) is 18.3 Å². The molecule has 1 unspecified atom stereocenters. The van der Waals surface area contributed by atoms with Crippen LogP contribution in [-0.4, -0.2) is 18.6 Å². The minimum atomic E-state index is 0.497. The number of nitrogens with zero attached hydrogens (tertiary/aromatic N) is 1. The minimum absolute atomic E-state index is 0.497. The Bertz CT molecular complexity index is 282. The normalized spacial score (nSPS) is 21.8. The summed E-state index contributed by atoms with van der Waals surface area (Å²) >= 11 is 0. The van der Waals surface area contributed by atoms with Crippen molar-refractivity contribution in [3.63, 3.8) is 0 Å². The molecule has 13 heavy (non-hydrogen) atoms. The fraction of sp³-hybridized carbons (Fsp3) is 0.500. The van der Waals surface area contributed by atoms with E-state index in [0.717, 1.165) is 6.54 Å². The van der Waals surface area contributed by atoms with E-state index in [-0.39, 0.29) is 0 Å². The van der Waals surface area contributed by atoms with Crippen LogP contribution in [0, 0.1) is 0 Å². The highest BCUT2D eigenvalue weighted by atomic mass is 16.5. The zero-order valence-electron chi connectivity index (χ0n) is 7.79. The Balaban J connectivity index is 2.18. The Morgan fingerprint density at radius 2 is 2.54 bits per heavy atom. The van der Waals surface area contributed by atoms with Crippen molar-refractivity contribution in [1.29, 1.82) is 0 Å². The summed E-state index contributed by atoms with van der Waals surface area (Å²) in [7, 11) is 1.65. The van der Waals surface area contributed by atoms with Crippen LogP contribution < -0.4 is 10.1 Å². The molecule has 0 spiro atoms. The Hall–Kier alpha value is -1.09. The van der Waals surface area contributed by atoms with Crippen LogP contribution in [0.1, 0.15) is 24.4 Å². The second-order valence-electron chi connectivity index (χ2n) is 3.28. The highest BCUT2D eigenvalue weighted by Crippen LogP contribution is 2.24. The van der Waals surface area contributed by atoms with Gasteiger partial charge >= 0.3 is 0 Å². The Kier molecular flexibility index (Phi) is 2.45. The van der Waals surface area contributed by atoms with Gasteiger partial charge in [-0.05, 0) is 31.0 Å². The number of methoxy groups -OCH3 is 1. The molecule has 1 aromatic heterocycles. The lowest BCUT2D eigenvalue weighted by molar-refractivity contribution is 0.396. The van der Waals surface area contributed by atoms with Crippen LogP contribution in [0.4, 0.5) is 0 Å². The van der Waals surface area contributed by atoms with Crippen molar-refractivity contribution in [2.24, 2.45) is 0 Å². The zero-order chi connectivity index (χ0) is 9.10. The fourth-order valence-electron chi connectivity index (χ4n) is 1.72. The summed E-state index contributed by atoms with van der Waals surface area (Å²) < 4.78 is 5.08. The average Bonchev–Trinajstić information content (AvgIpc) is 2.71. The molecular weight excluding hydrogens is 164 g/mol. The predicted octanol–water partition coefficient (Wildman–Crippen LogP) is 1.51. The summed E-state index contributed by atoms with van der Waals surface area (Å²) in [6, 6.07) is 4.55. The van der Waals surface area contributed by atoms with Crippen LogP contribution in [0.25, 0.3) is 0 Å². The van der Waals surface area contributed by atoms with Crippen molar-refractivity contribution in [3.8, 4) is 5.88 Å². The quantitative estimate of drug-likeness (QED) is 0.745. The van der Waals surface area contributed by atoms with Gasteiger partial charge in [0.15, 0.2) is 0 Å². The molecule has 0 amide bonds. The molecule has 0 aromatic carbocycles. The molecule has 0 aliphatic carbocycles. The number of nitrogens with one attached hydrogen (secondary N) is 1. The van der Waals surface area contributed by atoms with Gasteiger partial charge in [-0.25, -0.2) is 4.98 Å². The Morgan fingerprint density at radius 3 is 3.23 bits per heavy atom. The van der Waals surface area contributed by atoms with E-state index in [1.807, 2.05) is 12.1 Å². The van der Waals surface area contributed by atoms with Crippen molar-refractivity contribution in [2.45, 2.75) is 18.9 Å². The summed E-state index contributed by atoms with van der Waals surface area (Å²) in [6.45, 7) is 1.12. The molecule has 3 heteroatoms. The van der Waals surface area contributed by atoms with Gasteiger partial charge in [-0.15, -0.1) is 0 Å². The number of aromatic nitrogens is 1. The molecule has 0 bridgehead atoms. The maximum Gasteiger partial charge on any atom is 0.213 e. The molecule has 2 rings (SSSR count). The molecule has 2 heterocycles. The highest BCUT2D eigenvalue weighted by molar-refractivity contribution is 5.24. The molecule has 1 saturated heterocycles. The third-order valence-corrected chi connectivity index (χ3v) is 2.43. The lowest BCUT2D eigenvalue weighted by atomic mass is 10.1. The molecule has 1 aromatic rings. The first-order valence-corrected chi connectivity index (χ1v) is 4.63. The van der Waals surface area contributed by atoms with E-state index >= 15 is 0 Å².